The highest BCUT2D eigenvalue weighted by Crippen LogP contribution is 2.52. The zero-order chi connectivity index (χ0) is 10.8. The predicted molar refractivity (Wildman–Crippen MR) is 50.8 cm³/mol. The molecule has 3 aliphatic rings. The average Bonchev–Trinajstić information content (AvgIpc) is 2.61. The van der Waals surface area contributed by atoms with E-state index in [0.717, 1.165) is 6.42 Å². The van der Waals surface area contributed by atoms with Gasteiger partial charge in [-0.05, 0) is 12.8 Å². The lowest BCUT2D eigenvalue weighted by atomic mass is 9.72. The molecule has 0 spiro atoms. The third-order valence-corrected chi connectivity index (χ3v) is 4.08. The van der Waals surface area contributed by atoms with Gasteiger partial charge in [0.05, 0.1) is 11.7 Å². The highest BCUT2D eigenvalue weighted by Gasteiger charge is 2.64. The summed E-state index contributed by atoms with van der Waals surface area (Å²) >= 11 is 0. The normalized spacial score (nSPS) is 52.5. The van der Waals surface area contributed by atoms with Crippen LogP contribution in [0.15, 0.2) is 11.6 Å². The van der Waals surface area contributed by atoms with E-state index >= 15 is 0 Å². The zero-order valence-electron chi connectivity index (χ0n) is 8.51. The lowest BCUT2D eigenvalue weighted by Gasteiger charge is -2.37. The fraction of sp³-hybridized carbons (Fsp3) is 0.727. The molecule has 1 saturated heterocycles. The number of aliphatic hydroxyl groups is 2. The summed E-state index contributed by atoms with van der Waals surface area (Å²) in [6, 6.07) is 0. The van der Waals surface area contributed by atoms with Crippen molar-refractivity contribution in [3.8, 4) is 0 Å². The Hall–Kier alpha value is -0.870. The van der Waals surface area contributed by atoms with Gasteiger partial charge in [-0.1, -0.05) is 13.0 Å². The molecular weight excluding hydrogens is 196 g/mol. The van der Waals surface area contributed by atoms with Crippen LogP contribution in [0.2, 0.25) is 0 Å². The summed E-state index contributed by atoms with van der Waals surface area (Å²) < 4.78 is 5.13. The SMILES string of the molecule is C[C@@H]1C=C2C(=O)O[C@@H]3CC[C@H]([C@H]1O)[C@]23O. The summed E-state index contributed by atoms with van der Waals surface area (Å²) in [5.41, 5.74) is -0.851. The summed E-state index contributed by atoms with van der Waals surface area (Å²) in [5.74, 6) is -0.746. The Morgan fingerprint density at radius 3 is 3.00 bits per heavy atom. The second-order valence-electron chi connectivity index (χ2n) is 4.83. The Balaban J connectivity index is 2.16. The largest absolute Gasteiger partial charge is 0.455 e. The first kappa shape index (κ1) is 9.36. The van der Waals surface area contributed by atoms with Crippen LogP contribution >= 0.6 is 0 Å². The highest BCUT2D eigenvalue weighted by molar-refractivity contribution is 5.94. The first-order valence-electron chi connectivity index (χ1n) is 5.39. The number of carbonyl (C=O) groups excluding carboxylic acids is 1. The number of carbonyl (C=O) groups is 1. The molecule has 0 amide bonds. The molecule has 4 heteroatoms. The minimum absolute atomic E-state index is 0.0883. The van der Waals surface area contributed by atoms with Crippen molar-refractivity contribution in [1.82, 2.24) is 0 Å². The van der Waals surface area contributed by atoms with Crippen molar-refractivity contribution >= 4 is 5.97 Å². The summed E-state index contributed by atoms with van der Waals surface area (Å²) in [7, 11) is 0. The van der Waals surface area contributed by atoms with Crippen LogP contribution < -0.4 is 0 Å². The molecule has 2 aliphatic carbocycles. The molecule has 4 nitrogen and oxygen atoms in total. The van der Waals surface area contributed by atoms with Gasteiger partial charge in [0.2, 0.25) is 0 Å². The number of esters is 1. The molecule has 2 N–H and O–H groups in total. The number of hydrogen-bond acceptors (Lipinski definition) is 4. The molecule has 1 saturated carbocycles. The van der Waals surface area contributed by atoms with Gasteiger partial charge in [0.15, 0.2) is 0 Å². The van der Waals surface area contributed by atoms with Crippen LogP contribution in [0.3, 0.4) is 0 Å². The minimum atomic E-state index is -1.22. The van der Waals surface area contributed by atoms with Crippen molar-refractivity contribution < 1.29 is 19.7 Å². The molecule has 1 heterocycles. The topological polar surface area (TPSA) is 66.8 Å². The van der Waals surface area contributed by atoms with Gasteiger partial charge in [-0.25, -0.2) is 4.79 Å². The van der Waals surface area contributed by atoms with Crippen LogP contribution in [0, 0.1) is 11.8 Å². The quantitative estimate of drug-likeness (QED) is 0.552. The first-order valence-corrected chi connectivity index (χ1v) is 5.39. The van der Waals surface area contributed by atoms with Gasteiger partial charge in [-0.15, -0.1) is 0 Å². The van der Waals surface area contributed by atoms with E-state index in [-0.39, 0.29) is 11.8 Å². The molecule has 0 bridgehead atoms. The molecule has 5 atom stereocenters. The third-order valence-electron chi connectivity index (χ3n) is 4.08. The summed E-state index contributed by atoms with van der Waals surface area (Å²) in [4.78, 5) is 11.5. The Kier molecular flexibility index (Phi) is 1.64. The van der Waals surface area contributed by atoms with E-state index in [1.54, 1.807) is 6.08 Å². The fourth-order valence-electron chi connectivity index (χ4n) is 3.25. The molecule has 15 heavy (non-hydrogen) atoms. The number of rotatable bonds is 0. The minimum Gasteiger partial charge on any atom is -0.455 e. The lowest BCUT2D eigenvalue weighted by molar-refractivity contribution is -0.140. The molecule has 0 aromatic heterocycles. The first-order chi connectivity index (χ1) is 7.05. The summed E-state index contributed by atoms with van der Waals surface area (Å²) in [5, 5.41) is 20.5. The second-order valence-corrected chi connectivity index (χ2v) is 4.83. The van der Waals surface area contributed by atoms with Gasteiger partial charge in [-0.2, -0.15) is 0 Å². The van der Waals surface area contributed by atoms with Gasteiger partial charge in [0.25, 0.3) is 0 Å². The molecule has 0 aromatic carbocycles. The molecule has 1 aliphatic heterocycles. The maximum atomic E-state index is 11.5. The van der Waals surface area contributed by atoms with Gasteiger partial charge >= 0.3 is 5.97 Å². The average molecular weight is 210 g/mol. The monoisotopic (exact) mass is 210 g/mol. The molecule has 0 aromatic rings. The predicted octanol–water partition coefficient (Wildman–Crippen LogP) is -0.0101. The van der Waals surface area contributed by atoms with E-state index < -0.39 is 23.8 Å². The fourth-order valence-corrected chi connectivity index (χ4v) is 3.25. The Morgan fingerprint density at radius 1 is 1.53 bits per heavy atom. The Bertz CT molecular complexity index is 362. The summed E-state index contributed by atoms with van der Waals surface area (Å²) in [6.07, 6.45) is 2.02. The van der Waals surface area contributed by atoms with Crippen LogP contribution in [0.4, 0.5) is 0 Å². The molecule has 2 fully saturated rings. The molecular formula is C11H14O4. The Labute approximate surface area is 87.5 Å². The van der Waals surface area contributed by atoms with Crippen molar-refractivity contribution in [2.24, 2.45) is 11.8 Å². The zero-order valence-corrected chi connectivity index (χ0v) is 8.51. The Morgan fingerprint density at radius 2 is 2.27 bits per heavy atom. The lowest BCUT2D eigenvalue weighted by Crippen LogP contribution is -2.50. The number of hydrogen-bond donors (Lipinski definition) is 2. The van der Waals surface area contributed by atoms with Gasteiger partial charge in [0.1, 0.15) is 11.7 Å². The molecule has 0 radical (unpaired) electrons. The van der Waals surface area contributed by atoms with Crippen LogP contribution in [-0.4, -0.2) is 34.0 Å². The van der Waals surface area contributed by atoms with E-state index in [2.05, 4.69) is 0 Å². The second kappa shape index (κ2) is 2.62. The van der Waals surface area contributed by atoms with Gasteiger partial charge in [-0.3, -0.25) is 0 Å². The van der Waals surface area contributed by atoms with E-state index in [9.17, 15) is 15.0 Å². The standard InChI is InChI=1S/C11H14O4/c1-5-4-7-10(13)15-8-3-2-6(9(5)12)11(7,8)14/h4-6,8-9,12,14H,2-3H2,1H3/t5-,6-,8-,9+,11+/m1/s1. The van der Waals surface area contributed by atoms with Crippen molar-refractivity contribution in [3.63, 3.8) is 0 Å². The van der Waals surface area contributed by atoms with Crippen molar-refractivity contribution in [1.29, 1.82) is 0 Å². The number of ether oxygens (including phenoxy) is 1. The van der Waals surface area contributed by atoms with Crippen molar-refractivity contribution in [3.05, 3.63) is 11.6 Å². The maximum absolute atomic E-state index is 11.5. The van der Waals surface area contributed by atoms with Crippen molar-refractivity contribution in [2.75, 3.05) is 0 Å². The molecule has 3 rings (SSSR count). The van der Waals surface area contributed by atoms with Gasteiger partial charge in [0, 0.05) is 11.8 Å². The van der Waals surface area contributed by atoms with Crippen LogP contribution in [0.5, 0.6) is 0 Å². The third kappa shape index (κ3) is 0.916. The summed E-state index contributed by atoms with van der Waals surface area (Å²) in [6.45, 7) is 1.86. The molecule has 0 unspecified atom stereocenters. The highest BCUT2D eigenvalue weighted by atomic mass is 16.6. The maximum Gasteiger partial charge on any atom is 0.337 e. The van der Waals surface area contributed by atoms with E-state index in [0.29, 0.717) is 12.0 Å². The smallest absolute Gasteiger partial charge is 0.337 e. The van der Waals surface area contributed by atoms with Crippen LogP contribution in [-0.2, 0) is 9.53 Å². The molecule has 82 valence electrons. The van der Waals surface area contributed by atoms with Crippen LogP contribution in [0.1, 0.15) is 19.8 Å². The van der Waals surface area contributed by atoms with Gasteiger partial charge < -0.3 is 14.9 Å². The van der Waals surface area contributed by atoms with Crippen molar-refractivity contribution in [2.45, 2.75) is 37.6 Å². The number of aliphatic hydroxyl groups excluding tert-OH is 1. The van der Waals surface area contributed by atoms with E-state index in [1.165, 1.54) is 0 Å². The van der Waals surface area contributed by atoms with E-state index in [4.69, 9.17) is 4.74 Å². The van der Waals surface area contributed by atoms with Crippen LogP contribution in [0.25, 0.3) is 0 Å². The van der Waals surface area contributed by atoms with E-state index in [1.807, 2.05) is 6.92 Å².